The molecule has 2 N–H and O–H groups in total. The van der Waals surface area contributed by atoms with E-state index in [0.29, 0.717) is 35.8 Å². The van der Waals surface area contributed by atoms with E-state index in [1.54, 1.807) is 18.2 Å². The van der Waals surface area contributed by atoms with E-state index in [2.05, 4.69) is 15.8 Å². The zero-order valence-corrected chi connectivity index (χ0v) is 22.1. The lowest BCUT2D eigenvalue weighted by atomic mass is 10.1. The number of methoxy groups -OCH3 is 1. The predicted octanol–water partition coefficient (Wildman–Crippen LogP) is 5.29. The van der Waals surface area contributed by atoms with Crippen molar-refractivity contribution in [2.75, 3.05) is 19.1 Å². The van der Waals surface area contributed by atoms with Crippen LogP contribution in [0.3, 0.4) is 0 Å². The van der Waals surface area contributed by atoms with Crippen molar-refractivity contribution < 1.29 is 32.2 Å². The lowest BCUT2D eigenvalue weighted by molar-refractivity contribution is -0.137. The Morgan fingerprint density at radius 3 is 2.38 bits per heavy atom. The molecule has 0 saturated carbocycles. The van der Waals surface area contributed by atoms with Gasteiger partial charge < -0.3 is 14.8 Å². The quantitative estimate of drug-likeness (QED) is 0.232. The molecule has 0 saturated heterocycles. The molecule has 1 unspecified atom stereocenters. The fraction of sp³-hybridized carbons (Fsp3) is 0.250. The maximum atomic E-state index is 12.8. The number of nitrogens with one attached hydrogen (secondary N) is 2. The first kappa shape index (κ1) is 29.6. The van der Waals surface area contributed by atoms with Crippen LogP contribution < -0.4 is 20.2 Å². The molecule has 39 heavy (non-hydrogen) atoms. The number of ether oxygens (including phenoxy) is 2. The normalized spacial score (nSPS) is 12.1. The highest BCUT2D eigenvalue weighted by Gasteiger charge is 2.30. The zero-order valence-electron chi connectivity index (χ0n) is 21.3. The molecule has 3 aromatic rings. The second kappa shape index (κ2) is 14.2. The Kier molecular flexibility index (Phi) is 10.8. The third-order valence-corrected chi connectivity index (χ3v) is 6.16. The Morgan fingerprint density at radius 2 is 1.74 bits per heavy atom. The summed E-state index contributed by atoms with van der Waals surface area (Å²) >= 11 is 1.48. The molecule has 0 bridgehead atoms. The molecule has 0 radical (unpaired) electrons. The van der Waals surface area contributed by atoms with Crippen molar-refractivity contribution in [1.82, 2.24) is 10.7 Å². The Labute approximate surface area is 228 Å². The van der Waals surface area contributed by atoms with Gasteiger partial charge in [-0.15, -0.1) is 0 Å². The molecule has 0 aliphatic rings. The van der Waals surface area contributed by atoms with Crippen LogP contribution in [0, 0.1) is 0 Å². The highest BCUT2D eigenvalue weighted by molar-refractivity contribution is 7.98. The molecule has 0 aliphatic carbocycles. The number of thioether (sulfide) groups is 1. The number of rotatable bonds is 12. The number of alkyl halides is 3. The van der Waals surface area contributed by atoms with Gasteiger partial charge in [-0.2, -0.15) is 30.0 Å². The van der Waals surface area contributed by atoms with Crippen LogP contribution in [-0.4, -0.2) is 43.2 Å². The van der Waals surface area contributed by atoms with Gasteiger partial charge in [-0.25, -0.2) is 5.43 Å². The van der Waals surface area contributed by atoms with E-state index in [1.807, 2.05) is 36.6 Å². The number of hydrazone groups is 1. The average molecular weight is 560 g/mol. The Morgan fingerprint density at radius 1 is 1.03 bits per heavy atom. The van der Waals surface area contributed by atoms with Gasteiger partial charge in [-0.1, -0.05) is 30.3 Å². The van der Waals surface area contributed by atoms with Crippen LogP contribution in [0.1, 0.15) is 33.5 Å². The molecule has 1 atom stereocenters. The fourth-order valence-corrected chi connectivity index (χ4v) is 3.90. The minimum Gasteiger partial charge on any atom is -0.493 e. The molecule has 2 amide bonds. The molecule has 7 nitrogen and oxygen atoms in total. The number of carbonyl (C=O) groups excluding carboxylic acids is 2. The van der Waals surface area contributed by atoms with Crippen molar-refractivity contribution in [2.24, 2.45) is 5.10 Å². The van der Waals surface area contributed by atoms with Crippen LogP contribution in [0.2, 0.25) is 0 Å². The topological polar surface area (TPSA) is 89.0 Å². The van der Waals surface area contributed by atoms with Crippen molar-refractivity contribution in [3.8, 4) is 11.5 Å². The van der Waals surface area contributed by atoms with Crippen LogP contribution in [0.15, 0.2) is 77.9 Å². The summed E-state index contributed by atoms with van der Waals surface area (Å²) in [5.74, 6) is 0.380. The molecular formula is C28H28F3N3O4S. The molecule has 3 rings (SSSR count). The number of halogens is 3. The van der Waals surface area contributed by atoms with E-state index in [1.165, 1.54) is 25.1 Å². The lowest BCUT2D eigenvalue weighted by Gasteiger charge is -2.17. The molecule has 0 fully saturated rings. The van der Waals surface area contributed by atoms with Gasteiger partial charge in [0.25, 0.3) is 11.8 Å². The average Bonchev–Trinajstić information content (AvgIpc) is 2.94. The molecular weight excluding hydrogens is 531 g/mol. The summed E-state index contributed by atoms with van der Waals surface area (Å²) in [6, 6.07) is 17.7. The van der Waals surface area contributed by atoms with Gasteiger partial charge in [0.15, 0.2) is 11.5 Å². The Hall–Kier alpha value is -3.99. The van der Waals surface area contributed by atoms with E-state index in [9.17, 15) is 22.8 Å². The maximum Gasteiger partial charge on any atom is 0.416 e. The molecule has 0 spiro atoms. The third kappa shape index (κ3) is 9.06. The van der Waals surface area contributed by atoms with Crippen LogP contribution in [0.5, 0.6) is 11.5 Å². The van der Waals surface area contributed by atoms with Crippen molar-refractivity contribution in [3.63, 3.8) is 0 Å². The standard InChI is InChI=1S/C28H28F3N3O4S/c1-37-25-16-20(8-13-24(25)38-18-19-6-4-3-5-7-19)17-32-34-27(36)23(14-15-39-2)33-26(35)21-9-11-22(12-10-21)28(29,30)31/h3-13,16-17,23H,14-15,18H2,1-2H3,(H,33,35)(H,34,36). The first-order valence-electron chi connectivity index (χ1n) is 11.9. The molecule has 0 heterocycles. The van der Waals surface area contributed by atoms with Crippen LogP contribution in [0.25, 0.3) is 0 Å². The summed E-state index contributed by atoms with van der Waals surface area (Å²) in [7, 11) is 1.52. The minimum atomic E-state index is -4.51. The van der Waals surface area contributed by atoms with E-state index in [0.717, 1.165) is 29.8 Å². The number of carbonyl (C=O) groups is 2. The summed E-state index contributed by atoms with van der Waals surface area (Å²) in [5.41, 5.74) is 3.20. The lowest BCUT2D eigenvalue weighted by Crippen LogP contribution is -2.45. The second-order valence-corrected chi connectivity index (χ2v) is 9.29. The van der Waals surface area contributed by atoms with E-state index in [4.69, 9.17) is 9.47 Å². The number of amides is 2. The van der Waals surface area contributed by atoms with Crippen molar-refractivity contribution in [3.05, 3.63) is 95.1 Å². The van der Waals surface area contributed by atoms with Crippen LogP contribution in [0.4, 0.5) is 13.2 Å². The van der Waals surface area contributed by atoms with E-state index < -0.39 is 29.6 Å². The smallest absolute Gasteiger partial charge is 0.416 e. The number of benzene rings is 3. The molecule has 0 aromatic heterocycles. The third-order valence-electron chi connectivity index (χ3n) is 5.52. The van der Waals surface area contributed by atoms with Crippen LogP contribution in [-0.2, 0) is 17.6 Å². The van der Waals surface area contributed by atoms with Gasteiger partial charge in [0.2, 0.25) is 0 Å². The number of nitrogens with zero attached hydrogens (tertiary/aromatic N) is 1. The SMILES string of the molecule is COc1cc(C=NNC(=O)C(CCSC)NC(=O)c2ccc(C(F)(F)F)cc2)ccc1OCc1ccccc1. The van der Waals surface area contributed by atoms with E-state index >= 15 is 0 Å². The minimum absolute atomic E-state index is 0.00937. The predicted molar refractivity (Wildman–Crippen MR) is 145 cm³/mol. The van der Waals surface area contributed by atoms with E-state index in [-0.39, 0.29) is 5.56 Å². The molecule has 0 aliphatic heterocycles. The van der Waals surface area contributed by atoms with Gasteiger partial charge in [0.1, 0.15) is 12.6 Å². The summed E-state index contributed by atoms with van der Waals surface area (Å²) in [6.07, 6.45) is -0.931. The summed E-state index contributed by atoms with van der Waals surface area (Å²) in [5, 5.41) is 6.56. The first-order valence-corrected chi connectivity index (χ1v) is 13.3. The zero-order chi connectivity index (χ0) is 28.3. The summed E-state index contributed by atoms with van der Waals surface area (Å²) in [4.78, 5) is 25.3. The number of hydrogen-bond donors (Lipinski definition) is 2. The molecule has 11 heteroatoms. The van der Waals surface area contributed by atoms with Crippen molar-refractivity contribution in [1.29, 1.82) is 0 Å². The molecule has 3 aromatic carbocycles. The van der Waals surface area contributed by atoms with Gasteiger partial charge >= 0.3 is 6.18 Å². The fourth-order valence-electron chi connectivity index (χ4n) is 3.42. The van der Waals surface area contributed by atoms with Crippen molar-refractivity contribution >= 4 is 29.8 Å². The summed E-state index contributed by atoms with van der Waals surface area (Å²) < 4.78 is 49.6. The van der Waals surface area contributed by atoms with Crippen LogP contribution >= 0.6 is 11.8 Å². The largest absolute Gasteiger partial charge is 0.493 e. The molecule has 206 valence electrons. The highest BCUT2D eigenvalue weighted by Crippen LogP contribution is 2.29. The van der Waals surface area contributed by atoms with Gasteiger partial charge in [0, 0.05) is 5.56 Å². The second-order valence-electron chi connectivity index (χ2n) is 8.30. The maximum absolute atomic E-state index is 12.8. The highest BCUT2D eigenvalue weighted by atomic mass is 32.2. The van der Waals surface area contributed by atoms with Gasteiger partial charge in [-0.3, -0.25) is 9.59 Å². The monoisotopic (exact) mass is 559 g/mol. The summed E-state index contributed by atoms with van der Waals surface area (Å²) in [6.45, 7) is 0.371. The number of hydrogen-bond acceptors (Lipinski definition) is 6. The van der Waals surface area contributed by atoms with Gasteiger partial charge in [-0.05, 0) is 72.0 Å². The van der Waals surface area contributed by atoms with Crippen molar-refractivity contribution in [2.45, 2.75) is 25.2 Å². The Balaban J connectivity index is 1.61. The van der Waals surface area contributed by atoms with Gasteiger partial charge in [0.05, 0.1) is 18.9 Å². The Bertz CT molecular complexity index is 1270. The first-order chi connectivity index (χ1) is 18.7.